The third kappa shape index (κ3) is 8.08. The van der Waals surface area contributed by atoms with Crippen LogP contribution in [-0.4, -0.2) is 44.3 Å². The van der Waals surface area contributed by atoms with E-state index in [0.717, 1.165) is 45.8 Å². The Bertz CT molecular complexity index is 160. The summed E-state index contributed by atoms with van der Waals surface area (Å²) in [7, 11) is 0. The van der Waals surface area contributed by atoms with E-state index in [1.54, 1.807) is 0 Å². The first kappa shape index (κ1) is 15.9. The van der Waals surface area contributed by atoms with Gasteiger partial charge in [-0.1, -0.05) is 27.7 Å². The highest BCUT2D eigenvalue weighted by Gasteiger charge is 2.19. The van der Waals surface area contributed by atoms with Crippen molar-refractivity contribution in [3.05, 3.63) is 0 Å². The maximum Gasteiger partial charge on any atom is 0.0593 e. The van der Waals surface area contributed by atoms with Crippen molar-refractivity contribution in [2.75, 3.05) is 39.4 Å². The van der Waals surface area contributed by atoms with Crippen LogP contribution in [0.25, 0.3) is 0 Å². The molecule has 0 aromatic carbocycles. The molecule has 3 heteroatoms. The lowest BCUT2D eigenvalue weighted by Gasteiger charge is -2.31. The van der Waals surface area contributed by atoms with Gasteiger partial charge in [-0.25, -0.2) is 0 Å². The Balaban J connectivity index is 3.87. The number of rotatable bonds is 10. The zero-order valence-electron chi connectivity index (χ0n) is 11.6. The lowest BCUT2D eigenvalue weighted by Crippen LogP contribution is -2.40. The van der Waals surface area contributed by atoms with E-state index in [4.69, 9.17) is 10.5 Å². The van der Waals surface area contributed by atoms with Gasteiger partial charge in [0.1, 0.15) is 0 Å². The molecule has 0 aliphatic heterocycles. The van der Waals surface area contributed by atoms with Crippen molar-refractivity contribution >= 4 is 0 Å². The number of nitrogens with two attached hydrogens (primary N) is 1. The fraction of sp³-hybridized carbons (Fsp3) is 1.00. The van der Waals surface area contributed by atoms with Gasteiger partial charge in [0.25, 0.3) is 0 Å². The minimum Gasteiger partial charge on any atom is -0.380 e. The Morgan fingerprint density at radius 3 is 2.25 bits per heavy atom. The topological polar surface area (TPSA) is 38.5 Å². The molecule has 0 saturated heterocycles. The standard InChI is InChI=1S/C13H30N2O/c1-5-7-15(8-10-16-9-6-2)12-13(3,4)11-14/h5-12,14H2,1-4H3. The van der Waals surface area contributed by atoms with Crippen LogP contribution >= 0.6 is 0 Å². The summed E-state index contributed by atoms with van der Waals surface area (Å²) < 4.78 is 5.53. The number of nitrogens with zero attached hydrogens (tertiary/aromatic N) is 1. The van der Waals surface area contributed by atoms with Crippen LogP contribution in [0.3, 0.4) is 0 Å². The van der Waals surface area contributed by atoms with Crippen molar-refractivity contribution < 1.29 is 4.74 Å². The first-order valence-electron chi connectivity index (χ1n) is 6.56. The lowest BCUT2D eigenvalue weighted by atomic mass is 9.93. The molecule has 0 spiro atoms. The second-order valence-electron chi connectivity index (χ2n) is 5.26. The molecule has 0 aliphatic carbocycles. The predicted octanol–water partition coefficient (Wildman–Crippen LogP) is 2.11. The predicted molar refractivity (Wildman–Crippen MR) is 70.7 cm³/mol. The number of hydrogen-bond acceptors (Lipinski definition) is 3. The molecule has 0 amide bonds. The van der Waals surface area contributed by atoms with E-state index >= 15 is 0 Å². The molecule has 0 radical (unpaired) electrons. The van der Waals surface area contributed by atoms with Crippen LogP contribution in [0.5, 0.6) is 0 Å². The van der Waals surface area contributed by atoms with E-state index in [2.05, 4.69) is 32.6 Å². The van der Waals surface area contributed by atoms with Gasteiger partial charge in [0.2, 0.25) is 0 Å². The molecule has 3 nitrogen and oxygen atoms in total. The summed E-state index contributed by atoms with van der Waals surface area (Å²) in [6.07, 6.45) is 2.29. The van der Waals surface area contributed by atoms with Crippen molar-refractivity contribution in [1.29, 1.82) is 0 Å². The molecular formula is C13H30N2O. The molecule has 16 heavy (non-hydrogen) atoms. The minimum absolute atomic E-state index is 0.208. The highest BCUT2D eigenvalue weighted by Crippen LogP contribution is 2.14. The Morgan fingerprint density at radius 1 is 1.06 bits per heavy atom. The lowest BCUT2D eigenvalue weighted by molar-refractivity contribution is 0.0889. The first-order valence-corrected chi connectivity index (χ1v) is 6.56. The average Bonchev–Trinajstić information content (AvgIpc) is 2.24. The van der Waals surface area contributed by atoms with E-state index in [-0.39, 0.29) is 5.41 Å². The van der Waals surface area contributed by atoms with Gasteiger partial charge in [-0.2, -0.15) is 0 Å². The van der Waals surface area contributed by atoms with Gasteiger partial charge in [-0.3, -0.25) is 0 Å². The Labute approximate surface area is 101 Å². The van der Waals surface area contributed by atoms with Crippen LogP contribution in [0.15, 0.2) is 0 Å². The molecule has 0 unspecified atom stereocenters. The van der Waals surface area contributed by atoms with E-state index in [1.165, 1.54) is 6.42 Å². The summed E-state index contributed by atoms with van der Waals surface area (Å²) in [5.74, 6) is 0. The molecule has 0 rings (SSSR count). The van der Waals surface area contributed by atoms with Crippen LogP contribution in [0.4, 0.5) is 0 Å². The molecule has 0 atom stereocenters. The fourth-order valence-corrected chi connectivity index (χ4v) is 1.70. The molecule has 98 valence electrons. The fourth-order valence-electron chi connectivity index (χ4n) is 1.70. The van der Waals surface area contributed by atoms with Gasteiger partial charge in [-0.15, -0.1) is 0 Å². The van der Waals surface area contributed by atoms with E-state index in [9.17, 15) is 0 Å². The van der Waals surface area contributed by atoms with Crippen molar-refractivity contribution in [2.24, 2.45) is 11.1 Å². The van der Waals surface area contributed by atoms with Crippen molar-refractivity contribution in [3.63, 3.8) is 0 Å². The second-order valence-corrected chi connectivity index (χ2v) is 5.26. The SMILES string of the molecule is CCCOCCN(CCC)CC(C)(C)CN. The van der Waals surface area contributed by atoms with Crippen molar-refractivity contribution in [2.45, 2.75) is 40.5 Å². The highest BCUT2D eigenvalue weighted by atomic mass is 16.5. The van der Waals surface area contributed by atoms with Gasteiger partial charge in [-0.05, 0) is 31.3 Å². The maximum atomic E-state index is 5.77. The Morgan fingerprint density at radius 2 is 1.75 bits per heavy atom. The van der Waals surface area contributed by atoms with Gasteiger partial charge < -0.3 is 15.4 Å². The third-order valence-corrected chi connectivity index (χ3v) is 2.64. The normalized spacial score (nSPS) is 12.4. The summed E-state index contributed by atoms with van der Waals surface area (Å²) in [6, 6.07) is 0. The molecule has 0 heterocycles. The summed E-state index contributed by atoms with van der Waals surface area (Å²) in [5.41, 5.74) is 5.98. The summed E-state index contributed by atoms with van der Waals surface area (Å²) in [5, 5.41) is 0. The summed E-state index contributed by atoms with van der Waals surface area (Å²) in [6.45, 7) is 14.5. The van der Waals surface area contributed by atoms with Crippen LogP contribution in [0.2, 0.25) is 0 Å². The highest BCUT2D eigenvalue weighted by molar-refractivity contribution is 4.74. The van der Waals surface area contributed by atoms with E-state index in [1.807, 2.05) is 0 Å². The minimum atomic E-state index is 0.208. The van der Waals surface area contributed by atoms with Gasteiger partial charge in [0.15, 0.2) is 0 Å². The average molecular weight is 230 g/mol. The zero-order valence-corrected chi connectivity index (χ0v) is 11.6. The molecule has 0 aliphatic rings. The van der Waals surface area contributed by atoms with E-state index in [0.29, 0.717) is 0 Å². The molecule has 0 fully saturated rings. The van der Waals surface area contributed by atoms with Crippen LogP contribution in [0, 0.1) is 5.41 Å². The number of hydrogen-bond donors (Lipinski definition) is 1. The van der Waals surface area contributed by atoms with Crippen molar-refractivity contribution in [3.8, 4) is 0 Å². The van der Waals surface area contributed by atoms with Gasteiger partial charge in [0, 0.05) is 19.7 Å². The van der Waals surface area contributed by atoms with Crippen LogP contribution < -0.4 is 5.73 Å². The summed E-state index contributed by atoms with van der Waals surface area (Å²) >= 11 is 0. The Kier molecular flexibility index (Phi) is 8.90. The van der Waals surface area contributed by atoms with E-state index < -0.39 is 0 Å². The first-order chi connectivity index (χ1) is 7.55. The Hall–Kier alpha value is -0.120. The molecule has 0 aromatic rings. The largest absolute Gasteiger partial charge is 0.380 e. The molecular weight excluding hydrogens is 200 g/mol. The molecule has 0 aromatic heterocycles. The summed E-state index contributed by atoms with van der Waals surface area (Å²) in [4.78, 5) is 2.46. The monoisotopic (exact) mass is 230 g/mol. The van der Waals surface area contributed by atoms with Gasteiger partial charge >= 0.3 is 0 Å². The van der Waals surface area contributed by atoms with Crippen LogP contribution in [-0.2, 0) is 4.74 Å². The van der Waals surface area contributed by atoms with Crippen LogP contribution in [0.1, 0.15) is 40.5 Å². The maximum absolute atomic E-state index is 5.77. The van der Waals surface area contributed by atoms with Crippen molar-refractivity contribution in [1.82, 2.24) is 4.90 Å². The third-order valence-electron chi connectivity index (χ3n) is 2.64. The second kappa shape index (κ2) is 8.97. The molecule has 0 saturated carbocycles. The molecule has 2 N–H and O–H groups in total. The molecule has 0 bridgehead atoms. The smallest absolute Gasteiger partial charge is 0.0593 e. The number of ether oxygens (including phenoxy) is 1. The van der Waals surface area contributed by atoms with Gasteiger partial charge in [0.05, 0.1) is 6.61 Å². The quantitative estimate of drug-likeness (QED) is 0.584. The zero-order chi connectivity index (χ0) is 12.4.